The lowest BCUT2D eigenvalue weighted by atomic mass is 10.0. The van der Waals surface area contributed by atoms with Crippen molar-refractivity contribution in [3.05, 3.63) is 64.4 Å². The SMILES string of the molecule is CNC(Cc1ccc(F)cc1C)c1nc2ccccc2s1. The molecule has 0 aliphatic rings. The monoisotopic (exact) mass is 300 g/mol. The molecule has 0 radical (unpaired) electrons. The van der Waals surface area contributed by atoms with Crippen LogP contribution < -0.4 is 5.32 Å². The highest BCUT2D eigenvalue weighted by atomic mass is 32.1. The second-order valence-electron chi connectivity index (χ2n) is 5.14. The van der Waals surface area contributed by atoms with Crippen molar-refractivity contribution in [1.82, 2.24) is 10.3 Å². The van der Waals surface area contributed by atoms with Gasteiger partial charge in [0, 0.05) is 0 Å². The predicted octanol–water partition coefficient (Wildman–Crippen LogP) is 4.25. The maximum atomic E-state index is 13.2. The number of halogens is 1. The van der Waals surface area contributed by atoms with E-state index in [1.165, 1.54) is 10.8 Å². The smallest absolute Gasteiger partial charge is 0.123 e. The first-order valence-corrected chi connectivity index (χ1v) is 7.77. The van der Waals surface area contributed by atoms with Crippen LogP contribution in [-0.4, -0.2) is 12.0 Å². The molecule has 0 bridgehead atoms. The number of nitrogens with zero attached hydrogens (tertiary/aromatic N) is 1. The number of fused-ring (bicyclic) bond motifs is 1. The molecular formula is C17H17FN2S. The van der Waals surface area contributed by atoms with E-state index in [0.29, 0.717) is 0 Å². The molecule has 2 aromatic carbocycles. The summed E-state index contributed by atoms with van der Waals surface area (Å²) in [6.45, 7) is 1.95. The van der Waals surface area contributed by atoms with Gasteiger partial charge in [0.05, 0.1) is 16.3 Å². The molecular weight excluding hydrogens is 283 g/mol. The van der Waals surface area contributed by atoms with Crippen LogP contribution in [0.4, 0.5) is 4.39 Å². The molecule has 21 heavy (non-hydrogen) atoms. The highest BCUT2D eigenvalue weighted by molar-refractivity contribution is 7.18. The number of para-hydroxylation sites is 1. The summed E-state index contributed by atoms with van der Waals surface area (Å²) in [5.74, 6) is -0.183. The lowest BCUT2D eigenvalue weighted by Crippen LogP contribution is -2.19. The largest absolute Gasteiger partial charge is 0.311 e. The van der Waals surface area contributed by atoms with Crippen LogP contribution in [0.3, 0.4) is 0 Å². The normalized spacial score (nSPS) is 12.7. The zero-order valence-electron chi connectivity index (χ0n) is 12.1. The van der Waals surface area contributed by atoms with Gasteiger partial charge in [-0.25, -0.2) is 9.37 Å². The molecule has 3 aromatic rings. The van der Waals surface area contributed by atoms with E-state index in [1.54, 1.807) is 17.4 Å². The molecule has 1 atom stereocenters. The standard InChI is InChI=1S/C17H17FN2S/c1-11-9-13(18)8-7-12(11)10-15(19-2)17-20-14-5-3-4-6-16(14)21-17/h3-9,15,19H,10H2,1-2H3. The molecule has 108 valence electrons. The first kappa shape index (κ1) is 14.2. The third-order valence-corrected chi connectivity index (χ3v) is 4.84. The lowest BCUT2D eigenvalue weighted by Gasteiger charge is -2.15. The number of likely N-dealkylation sites (N-methyl/N-ethyl adjacent to an activating group) is 1. The summed E-state index contributed by atoms with van der Waals surface area (Å²) in [5.41, 5.74) is 3.17. The van der Waals surface area contributed by atoms with Crippen LogP contribution in [0.15, 0.2) is 42.5 Å². The Morgan fingerprint density at radius 1 is 1.24 bits per heavy atom. The lowest BCUT2D eigenvalue weighted by molar-refractivity contribution is 0.584. The zero-order valence-corrected chi connectivity index (χ0v) is 12.9. The molecule has 0 saturated heterocycles. The highest BCUT2D eigenvalue weighted by Crippen LogP contribution is 2.28. The maximum Gasteiger partial charge on any atom is 0.123 e. The van der Waals surface area contributed by atoms with E-state index < -0.39 is 0 Å². The maximum absolute atomic E-state index is 13.2. The van der Waals surface area contributed by atoms with Gasteiger partial charge in [0.2, 0.25) is 0 Å². The van der Waals surface area contributed by atoms with Gasteiger partial charge in [-0.15, -0.1) is 11.3 Å². The number of hydrogen-bond acceptors (Lipinski definition) is 3. The van der Waals surface area contributed by atoms with Gasteiger partial charge in [-0.2, -0.15) is 0 Å². The molecule has 0 aliphatic carbocycles. The van der Waals surface area contributed by atoms with Crippen LogP contribution in [-0.2, 0) is 6.42 Å². The minimum Gasteiger partial charge on any atom is -0.311 e. The van der Waals surface area contributed by atoms with Gasteiger partial charge in [-0.05, 0) is 55.8 Å². The summed E-state index contributed by atoms with van der Waals surface area (Å²) in [4.78, 5) is 4.71. The van der Waals surface area contributed by atoms with E-state index in [4.69, 9.17) is 4.98 Å². The van der Waals surface area contributed by atoms with Crippen molar-refractivity contribution < 1.29 is 4.39 Å². The summed E-state index contributed by atoms with van der Waals surface area (Å²) in [5, 5.41) is 4.40. The van der Waals surface area contributed by atoms with Crippen LogP contribution >= 0.6 is 11.3 Å². The molecule has 0 fully saturated rings. The van der Waals surface area contributed by atoms with Crippen molar-refractivity contribution >= 4 is 21.6 Å². The third kappa shape index (κ3) is 2.96. The van der Waals surface area contributed by atoms with Crippen molar-refractivity contribution in [3.8, 4) is 0 Å². The first-order chi connectivity index (χ1) is 10.2. The van der Waals surface area contributed by atoms with Gasteiger partial charge < -0.3 is 5.32 Å². The fourth-order valence-electron chi connectivity index (χ4n) is 2.46. The molecule has 4 heteroatoms. The topological polar surface area (TPSA) is 24.9 Å². The minimum atomic E-state index is -0.183. The fourth-order valence-corrected chi connectivity index (χ4v) is 3.54. The molecule has 1 heterocycles. The van der Waals surface area contributed by atoms with Crippen molar-refractivity contribution in [2.75, 3.05) is 7.05 Å². The summed E-state index contributed by atoms with van der Waals surface area (Å²) in [7, 11) is 1.94. The highest BCUT2D eigenvalue weighted by Gasteiger charge is 2.16. The molecule has 1 N–H and O–H groups in total. The number of nitrogens with one attached hydrogen (secondary N) is 1. The number of hydrogen-bond donors (Lipinski definition) is 1. The number of thiazole rings is 1. The Bertz CT molecular complexity index is 733. The zero-order chi connectivity index (χ0) is 14.8. The number of rotatable bonds is 4. The van der Waals surface area contributed by atoms with Crippen molar-refractivity contribution in [2.24, 2.45) is 0 Å². The van der Waals surface area contributed by atoms with E-state index in [1.807, 2.05) is 38.2 Å². The average Bonchev–Trinajstić information content (AvgIpc) is 2.90. The van der Waals surface area contributed by atoms with E-state index in [0.717, 1.165) is 28.1 Å². The van der Waals surface area contributed by atoms with Gasteiger partial charge in [0.1, 0.15) is 10.8 Å². The summed E-state index contributed by atoms with van der Waals surface area (Å²) < 4.78 is 14.4. The van der Waals surface area contributed by atoms with Gasteiger partial charge in [-0.3, -0.25) is 0 Å². The number of aromatic nitrogens is 1. The Hall–Kier alpha value is -1.78. The minimum absolute atomic E-state index is 0.145. The molecule has 0 amide bonds. The fraction of sp³-hybridized carbons (Fsp3) is 0.235. The number of aryl methyl sites for hydroxylation is 1. The van der Waals surface area contributed by atoms with Crippen molar-refractivity contribution in [1.29, 1.82) is 0 Å². The van der Waals surface area contributed by atoms with Crippen LogP contribution in [0.5, 0.6) is 0 Å². The molecule has 0 spiro atoms. The molecule has 2 nitrogen and oxygen atoms in total. The van der Waals surface area contributed by atoms with Crippen molar-refractivity contribution in [3.63, 3.8) is 0 Å². The summed E-state index contributed by atoms with van der Waals surface area (Å²) in [6, 6.07) is 13.3. The summed E-state index contributed by atoms with van der Waals surface area (Å²) in [6.07, 6.45) is 0.808. The Balaban J connectivity index is 1.90. The van der Waals surface area contributed by atoms with E-state index in [9.17, 15) is 4.39 Å². The first-order valence-electron chi connectivity index (χ1n) is 6.95. The van der Waals surface area contributed by atoms with Crippen LogP contribution in [0.1, 0.15) is 22.2 Å². The molecule has 1 aromatic heterocycles. The quantitative estimate of drug-likeness (QED) is 0.779. The molecule has 3 rings (SSSR count). The predicted molar refractivity (Wildman–Crippen MR) is 86.3 cm³/mol. The number of benzene rings is 2. The van der Waals surface area contributed by atoms with Gasteiger partial charge in [0.15, 0.2) is 0 Å². The van der Waals surface area contributed by atoms with Crippen LogP contribution in [0.25, 0.3) is 10.2 Å². The molecule has 1 unspecified atom stereocenters. The molecule has 0 saturated carbocycles. The average molecular weight is 300 g/mol. The second-order valence-corrected chi connectivity index (χ2v) is 6.20. The van der Waals surface area contributed by atoms with E-state index in [-0.39, 0.29) is 11.9 Å². The Kier molecular flexibility index (Phi) is 3.99. The Labute approximate surface area is 127 Å². The van der Waals surface area contributed by atoms with Gasteiger partial charge in [0.25, 0.3) is 0 Å². The van der Waals surface area contributed by atoms with Gasteiger partial charge in [-0.1, -0.05) is 18.2 Å². The molecule has 0 aliphatic heterocycles. The van der Waals surface area contributed by atoms with Crippen LogP contribution in [0.2, 0.25) is 0 Å². The third-order valence-electron chi connectivity index (χ3n) is 3.69. The van der Waals surface area contributed by atoms with Crippen LogP contribution in [0, 0.1) is 12.7 Å². The second kappa shape index (κ2) is 5.92. The van der Waals surface area contributed by atoms with Gasteiger partial charge >= 0.3 is 0 Å². The van der Waals surface area contributed by atoms with Crippen molar-refractivity contribution in [2.45, 2.75) is 19.4 Å². The Morgan fingerprint density at radius 3 is 2.76 bits per heavy atom. The summed E-state index contributed by atoms with van der Waals surface area (Å²) >= 11 is 1.71. The Morgan fingerprint density at radius 2 is 2.05 bits per heavy atom. The van der Waals surface area contributed by atoms with E-state index in [2.05, 4.69) is 11.4 Å². The van der Waals surface area contributed by atoms with E-state index >= 15 is 0 Å².